The normalized spacial score (nSPS) is 10.7. The lowest BCUT2D eigenvalue weighted by molar-refractivity contribution is 0.102. The maximum Gasteiger partial charge on any atom is 0.214 e. The highest BCUT2D eigenvalue weighted by molar-refractivity contribution is 6.10. The van der Waals surface area contributed by atoms with Crippen LogP contribution in [0.5, 0.6) is 5.75 Å². The number of ketones is 1. The van der Waals surface area contributed by atoms with Gasteiger partial charge in [0, 0.05) is 25.0 Å². The van der Waals surface area contributed by atoms with E-state index < -0.39 is 0 Å². The van der Waals surface area contributed by atoms with Crippen LogP contribution in [-0.4, -0.2) is 32.6 Å². The molecule has 0 saturated heterocycles. The molecule has 0 saturated carbocycles. The summed E-state index contributed by atoms with van der Waals surface area (Å²) < 4.78 is 6.67. The highest BCUT2D eigenvalue weighted by atomic mass is 16.5. The molecular weight excluding hydrogens is 256 g/mol. The molecule has 6 heteroatoms. The van der Waals surface area contributed by atoms with Crippen LogP contribution < -0.4 is 4.74 Å². The summed E-state index contributed by atoms with van der Waals surface area (Å²) in [6.45, 7) is 0. The highest BCUT2D eigenvalue weighted by Crippen LogP contribution is 2.21. The number of nitrogens with zero attached hydrogens (tertiary/aromatic N) is 4. The molecule has 0 unspecified atom stereocenters. The molecule has 0 N–H and O–H groups in total. The standard InChI is InChI=1S/C14H12N4O2/c1-18-13(12(20-2)8-17-18)14(19)9-3-4-10-11(7-9)16-6-5-15-10/h3-8H,1-2H3. The van der Waals surface area contributed by atoms with Gasteiger partial charge in [-0.1, -0.05) is 0 Å². The van der Waals surface area contributed by atoms with E-state index in [1.54, 1.807) is 37.6 Å². The Balaban J connectivity index is 2.10. The Morgan fingerprint density at radius 1 is 1.20 bits per heavy atom. The number of hydrogen-bond acceptors (Lipinski definition) is 5. The fraction of sp³-hybridized carbons (Fsp3) is 0.143. The minimum absolute atomic E-state index is 0.158. The van der Waals surface area contributed by atoms with Crippen LogP contribution in [0, 0.1) is 0 Å². The van der Waals surface area contributed by atoms with Crippen molar-refractivity contribution in [2.45, 2.75) is 0 Å². The smallest absolute Gasteiger partial charge is 0.214 e. The topological polar surface area (TPSA) is 69.9 Å². The first-order valence-electron chi connectivity index (χ1n) is 6.02. The second kappa shape index (κ2) is 4.73. The van der Waals surface area contributed by atoms with Crippen molar-refractivity contribution in [1.29, 1.82) is 0 Å². The Morgan fingerprint density at radius 2 is 1.95 bits per heavy atom. The molecule has 2 aromatic heterocycles. The summed E-state index contributed by atoms with van der Waals surface area (Å²) in [5.41, 5.74) is 2.37. The van der Waals surface area contributed by atoms with E-state index in [0.29, 0.717) is 22.5 Å². The fourth-order valence-electron chi connectivity index (χ4n) is 2.07. The largest absolute Gasteiger partial charge is 0.493 e. The number of aromatic nitrogens is 4. The quantitative estimate of drug-likeness (QED) is 0.675. The molecule has 0 radical (unpaired) electrons. The van der Waals surface area contributed by atoms with Crippen LogP contribution in [0.4, 0.5) is 0 Å². The summed E-state index contributed by atoms with van der Waals surface area (Å²) in [6, 6.07) is 5.22. The summed E-state index contributed by atoms with van der Waals surface area (Å²) in [5, 5.41) is 4.04. The Kier molecular flexibility index (Phi) is 2.90. The highest BCUT2D eigenvalue weighted by Gasteiger charge is 2.19. The molecule has 0 bridgehead atoms. The molecule has 0 atom stereocenters. The van der Waals surface area contributed by atoms with E-state index in [-0.39, 0.29) is 5.78 Å². The molecule has 1 aromatic carbocycles. The van der Waals surface area contributed by atoms with Crippen molar-refractivity contribution < 1.29 is 9.53 Å². The predicted molar refractivity (Wildman–Crippen MR) is 72.7 cm³/mol. The maximum atomic E-state index is 12.6. The van der Waals surface area contributed by atoms with Crippen LogP contribution in [0.2, 0.25) is 0 Å². The van der Waals surface area contributed by atoms with Gasteiger partial charge < -0.3 is 4.74 Å². The Bertz CT molecular complexity index is 795. The van der Waals surface area contributed by atoms with Gasteiger partial charge in [0.25, 0.3) is 0 Å². The molecule has 0 aliphatic heterocycles. The molecule has 3 aromatic rings. The Labute approximate surface area is 115 Å². The van der Waals surface area contributed by atoms with Gasteiger partial charge in [-0.2, -0.15) is 5.10 Å². The average Bonchev–Trinajstić information content (AvgIpc) is 2.87. The van der Waals surface area contributed by atoms with E-state index in [1.165, 1.54) is 18.0 Å². The minimum atomic E-state index is -0.158. The van der Waals surface area contributed by atoms with Gasteiger partial charge in [-0.25, -0.2) is 0 Å². The minimum Gasteiger partial charge on any atom is -0.493 e. The molecule has 0 aliphatic carbocycles. The molecule has 0 amide bonds. The van der Waals surface area contributed by atoms with Crippen LogP contribution in [0.1, 0.15) is 16.1 Å². The van der Waals surface area contributed by atoms with Gasteiger partial charge in [-0.05, 0) is 18.2 Å². The number of aryl methyl sites for hydroxylation is 1. The predicted octanol–water partition coefficient (Wildman–Crippen LogP) is 1.60. The number of ether oxygens (including phenoxy) is 1. The lowest BCUT2D eigenvalue weighted by atomic mass is 10.1. The van der Waals surface area contributed by atoms with Gasteiger partial charge in [-0.15, -0.1) is 0 Å². The van der Waals surface area contributed by atoms with E-state index in [2.05, 4.69) is 15.1 Å². The van der Waals surface area contributed by atoms with Crippen molar-refractivity contribution in [3.63, 3.8) is 0 Å². The van der Waals surface area contributed by atoms with Crippen LogP contribution in [0.3, 0.4) is 0 Å². The van der Waals surface area contributed by atoms with Crippen LogP contribution >= 0.6 is 0 Å². The second-order valence-corrected chi connectivity index (χ2v) is 4.27. The third-order valence-electron chi connectivity index (χ3n) is 3.07. The van der Waals surface area contributed by atoms with Gasteiger partial charge in [0.15, 0.2) is 11.4 Å². The molecule has 2 heterocycles. The third-order valence-corrected chi connectivity index (χ3v) is 3.07. The maximum absolute atomic E-state index is 12.6. The van der Waals surface area contributed by atoms with Crippen molar-refractivity contribution in [3.8, 4) is 5.75 Å². The molecular formula is C14H12N4O2. The van der Waals surface area contributed by atoms with Crippen LogP contribution in [0.25, 0.3) is 11.0 Å². The number of rotatable bonds is 3. The lowest BCUT2D eigenvalue weighted by Gasteiger charge is -2.05. The Morgan fingerprint density at radius 3 is 2.70 bits per heavy atom. The zero-order valence-corrected chi connectivity index (χ0v) is 11.1. The summed E-state index contributed by atoms with van der Waals surface area (Å²) >= 11 is 0. The summed E-state index contributed by atoms with van der Waals surface area (Å²) in [6.07, 6.45) is 4.74. The van der Waals surface area contributed by atoms with Crippen molar-refractivity contribution in [2.24, 2.45) is 7.05 Å². The summed E-state index contributed by atoms with van der Waals surface area (Å²) in [7, 11) is 3.22. The van der Waals surface area contributed by atoms with Crippen LogP contribution in [-0.2, 0) is 7.05 Å². The molecule has 100 valence electrons. The Hall–Kier alpha value is -2.76. The first kappa shape index (κ1) is 12.3. The van der Waals surface area contributed by atoms with Crippen molar-refractivity contribution in [1.82, 2.24) is 19.7 Å². The third kappa shape index (κ3) is 1.91. The molecule has 20 heavy (non-hydrogen) atoms. The second-order valence-electron chi connectivity index (χ2n) is 4.27. The van der Waals surface area contributed by atoms with Crippen molar-refractivity contribution >= 4 is 16.8 Å². The summed E-state index contributed by atoms with van der Waals surface area (Å²) in [5.74, 6) is 0.297. The number of fused-ring (bicyclic) bond motifs is 1. The van der Waals surface area contributed by atoms with E-state index in [0.717, 1.165) is 5.52 Å². The van der Waals surface area contributed by atoms with Gasteiger partial charge in [-0.3, -0.25) is 19.4 Å². The zero-order valence-electron chi connectivity index (χ0n) is 11.1. The molecule has 0 aliphatic rings. The first-order chi connectivity index (χ1) is 9.70. The van der Waals surface area contributed by atoms with Crippen molar-refractivity contribution in [3.05, 3.63) is 48.0 Å². The number of hydrogen-bond donors (Lipinski definition) is 0. The number of carbonyl (C=O) groups is 1. The van der Waals surface area contributed by atoms with E-state index >= 15 is 0 Å². The van der Waals surface area contributed by atoms with E-state index in [9.17, 15) is 4.79 Å². The molecule has 3 rings (SSSR count). The van der Waals surface area contributed by atoms with Crippen LogP contribution in [0.15, 0.2) is 36.8 Å². The number of benzene rings is 1. The first-order valence-corrected chi connectivity index (χ1v) is 6.02. The molecule has 6 nitrogen and oxygen atoms in total. The number of methoxy groups -OCH3 is 1. The lowest BCUT2D eigenvalue weighted by Crippen LogP contribution is -2.09. The van der Waals surface area contributed by atoms with Gasteiger partial charge in [0.1, 0.15) is 0 Å². The van der Waals surface area contributed by atoms with E-state index in [1.807, 2.05) is 0 Å². The molecule has 0 spiro atoms. The number of carbonyl (C=O) groups excluding carboxylic acids is 1. The fourth-order valence-corrected chi connectivity index (χ4v) is 2.07. The van der Waals surface area contributed by atoms with Gasteiger partial charge >= 0.3 is 0 Å². The van der Waals surface area contributed by atoms with Crippen molar-refractivity contribution in [2.75, 3.05) is 7.11 Å². The van der Waals surface area contributed by atoms with E-state index in [4.69, 9.17) is 4.74 Å². The van der Waals surface area contributed by atoms with Gasteiger partial charge in [0.2, 0.25) is 5.78 Å². The van der Waals surface area contributed by atoms with Gasteiger partial charge in [0.05, 0.1) is 24.3 Å². The average molecular weight is 268 g/mol. The zero-order chi connectivity index (χ0) is 14.1. The monoisotopic (exact) mass is 268 g/mol. The summed E-state index contributed by atoms with van der Waals surface area (Å²) in [4.78, 5) is 20.9. The molecule has 0 fully saturated rings. The SMILES string of the molecule is COc1cnn(C)c1C(=O)c1ccc2nccnc2c1.